The largest absolute Gasteiger partial charge is 0.507 e. The third kappa shape index (κ3) is 11.0. The molecule has 0 bridgehead atoms. The van der Waals surface area contributed by atoms with Gasteiger partial charge in [0.15, 0.2) is 0 Å². The highest BCUT2D eigenvalue weighted by Gasteiger charge is 2.36. The number of nitrogens with one attached hydrogen (secondary N) is 2. The van der Waals surface area contributed by atoms with Crippen LogP contribution in [-0.2, 0) is 23.9 Å². The van der Waals surface area contributed by atoms with Gasteiger partial charge in [-0.25, -0.2) is 4.79 Å². The number of carbonyl (C=O) groups excluding carboxylic acids is 4. The van der Waals surface area contributed by atoms with Gasteiger partial charge in [0, 0.05) is 18.2 Å². The summed E-state index contributed by atoms with van der Waals surface area (Å²) in [5, 5.41) is 16.1. The summed E-state index contributed by atoms with van der Waals surface area (Å²) >= 11 is 0. The van der Waals surface area contributed by atoms with Crippen molar-refractivity contribution in [3.63, 3.8) is 0 Å². The summed E-state index contributed by atoms with van der Waals surface area (Å²) < 4.78 is 10.2. The van der Waals surface area contributed by atoms with Gasteiger partial charge in [0.25, 0.3) is 0 Å². The molecule has 0 aliphatic rings. The molecule has 1 rings (SSSR count). The summed E-state index contributed by atoms with van der Waals surface area (Å²) in [6.07, 6.45) is 0.592. The third-order valence-electron chi connectivity index (χ3n) is 5.73. The number of phenols is 1. The fourth-order valence-corrected chi connectivity index (χ4v) is 3.85. The summed E-state index contributed by atoms with van der Waals surface area (Å²) in [7, 11) is 0. The van der Waals surface area contributed by atoms with Gasteiger partial charge >= 0.3 is 12.1 Å². The van der Waals surface area contributed by atoms with Crippen molar-refractivity contribution in [1.29, 1.82) is 0 Å². The van der Waals surface area contributed by atoms with Crippen LogP contribution in [0.1, 0.15) is 84.9 Å². The van der Waals surface area contributed by atoms with E-state index in [4.69, 9.17) is 9.47 Å². The maximum atomic E-state index is 13.6. The van der Waals surface area contributed by atoms with Crippen molar-refractivity contribution in [3.8, 4) is 5.75 Å². The van der Waals surface area contributed by atoms with Gasteiger partial charge in [0.1, 0.15) is 23.9 Å². The molecule has 38 heavy (non-hydrogen) atoms. The summed E-state index contributed by atoms with van der Waals surface area (Å²) in [5.74, 6) is -1.27. The van der Waals surface area contributed by atoms with E-state index in [1.807, 2.05) is 6.92 Å². The molecule has 1 aromatic rings. The molecule has 0 fully saturated rings. The number of ether oxygens (including phenoxy) is 2. The first-order chi connectivity index (χ1) is 17.7. The zero-order valence-corrected chi connectivity index (χ0v) is 24.1. The molecule has 0 heterocycles. The highest BCUT2D eigenvalue weighted by atomic mass is 16.6. The summed E-state index contributed by atoms with van der Waals surface area (Å²) in [4.78, 5) is 52.6. The van der Waals surface area contributed by atoms with E-state index >= 15 is 0 Å². The minimum absolute atomic E-state index is 0.000686. The Balaban J connectivity index is 3.37. The second kappa shape index (κ2) is 15.2. The fraction of sp³-hybridized carbons (Fsp3) is 0.643. The predicted octanol–water partition coefficient (Wildman–Crippen LogP) is 3.99. The minimum Gasteiger partial charge on any atom is -0.507 e. The molecule has 0 aliphatic carbocycles. The van der Waals surface area contributed by atoms with E-state index in [0.717, 1.165) is 6.42 Å². The van der Waals surface area contributed by atoms with Crippen molar-refractivity contribution in [2.24, 2.45) is 5.92 Å². The molecular formula is C28H45N3O7. The number of esters is 1. The Labute approximate surface area is 226 Å². The van der Waals surface area contributed by atoms with Gasteiger partial charge in [-0.05, 0) is 65.9 Å². The number of para-hydroxylation sites is 1. The Morgan fingerprint density at radius 1 is 1.05 bits per heavy atom. The van der Waals surface area contributed by atoms with Crippen LogP contribution in [0.5, 0.6) is 5.75 Å². The fourth-order valence-electron chi connectivity index (χ4n) is 3.85. The van der Waals surface area contributed by atoms with E-state index in [1.54, 1.807) is 52.8 Å². The SMILES string of the molecule is CCOC(=O)CCNC(=O)C(c1cccc(C)c1O)N(C(=O)CNC(=O)OC(C)(C)C)C(C)CCC(C)C. The normalized spacial score (nSPS) is 12.9. The van der Waals surface area contributed by atoms with Gasteiger partial charge in [-0.1, -0.05) is 32.0 Å². The molecule has 0 aliphatic heterocycles. The molecule has 3 N–H and O–H groups in total. The molecule has 2 atom stereocenters. The zero-order chi connectivity index (χ0) is 29.0. The second-order valence-electron chi connectivity index (χ2n) is 10.7. The monoisotopic (exact) mass is 535 g/mol. The number of nitrogens with zero attached hydrogens (tertiary/aromatic N) is 1. The van der Waals surface area contributed by atoms with E-state index < -0.39 is 48.1 Å². The van der Waals surface area contributed by atoms with Crippen LogP contribution >= 0.6 is 0 Å². The molecule has 10 heteroatoms. The Morgan fingerprint density at radius 2 is 1.71 bits per heavy atom. The lowest BCUT2D eigenvalue weighted by Gasteiger charge is -2.37. The Morgan fingerprint density at radius 3 is 2.29 bits per heavy atom. The van der Waals surface area contributed by atoms with Crippen molar-refractivity contribution in [1.82, 2.24) is 15.5 Å². The minimum atomic E-state index is -1.20. The summed E-state index contributed by atoms with van der Waals surface area (Å²) in [6, 6.07) is 3.38. The molecule has 0 saturated heterocycles. The van der Waals surface area contributed by atoms with Gasteiger partial charge in [-0.3, -0.25) is 14.4 Å². The number of aromatic hydroxyl groups is 1. The number of rotatable bonds is 13. The van der Waals surface area contributed by atoms with Gasteiger partial charge in [-0.15, -0.1) is 0 Å². The van der Waals surface area contributed by atoms with Crippen molar-refractivity contribution in [2.45, 2.75) is 92.3 Å². The molecular weight excluding hydrogens is 490 g/mol. The average Bonchev–Trinajstić information content (AvgIpc) is 2.80. The van der Waals surface area contributed by atoms with Crippen LogP contribution in [0.3, 0.4) is 0 Å². The lowest BCUT2D eigenvalue weighted by Crippen LogP contribution is -2.51. The molecule has 0 saturated carbocycles. The number of aryl methyl sites for hydroxylation is 1. The molecule has 0 spiro atoms. The molecule has 0 aromatic heterocycles. The first-order valence-electron chi connectivity index (χ1n) is 13.2. The summed E-state index contributed by atoms with van der Waals surface area (Å²) in [6.45, 7) is 14.3. The Hall–Kier alpha value is -3.30. The number of phenolic OH excluding ortho intramolecular Hbond substituents is 1. The quantitative estimate of drug-likeness (QED) is 0.325. The average molecular weight is 536 g/mol. The molecule has 214 valence electrons. The van der Waals surface area contributed by atoms with E-state index in [2.05, 4.69) is 24.5 Å². The van der Waals surface area contributed by atoms with Crippen molar-refractivity contribution in [2.75, 3.05) is 19.7 Å². The number of amides is 3. The number of hydrogen-bond donors (Lipinski definition) is 3. The van der Waals surface area contributed by atoms with Crippen LogP contribution in [0.25, 0.3) is 0 Å². The van der Waals surface area contributed by atoms with Crippen LogP contribution in [0.4, 0.5) is 4.79 Å². The molecule has 1 aromatic carbocycles. The van der Waals surface area contributed by atoms with Crippen molar-refractivity contribution >= 4 is 23.9 Å². The Bertz CT molecular complexity index is 956. The van der Waals surface area contributed by atoms with Crippen LogP contribution in [0, 0.1) is 12.8 Å². The highest BCUT2D eigenvalue weighted by Crippen LogP contribution is 2.34. The molecule has 10 nitrogen and oxygen atoms in total. The highest BCUT2D eigenvalue weighted by molar-refractivity contribution is 5.91. The van der Waals surface area contributed by atoms with Crippen LogP contribution < -0.4 is 10.6 Å². The third-order valence-corrected chi connectivity index (χ3v) is 5.73. The topological polar surface area (TPSA) is 134 Å². The summed E-state index contributed by atoms with van der Waals surface area (Å²) in [5.41, 5.74) is 0.0492. The molecule has 2 unspecified atom stereocenters. The lowest BCUT2D eigenvalue weighted by atomic mass is 9.96. The van der Waals surface area contributed by atoms with Crippen LogP contribution in [-0.4, -0.2) is 65.2 Å². The van der Waals surface area contributed by atoms with E-state index in [1.165, 1.54) is 4.90 Å². The van der Waals surface area contributed by atoms with Gasteiger partial charge in [0.2, 0.25) is 11.8 Å². The maximum absolute atomic E-state index is 13.6. The number of alkyl carbamates (subject to hydrolysis) is 1. The number of benzene rings is 1. The number of hydrogen-bond acceptors (Lipinski definition) is 7. The first-order valence-corrected chi connectivity index (χ1v) is 13.2. The van der Waals surface area contributed by atoms with Gasteiger partial charge in [-0.2, -0.15) is 0 Å². The number of carbonyl (C=O) groups is 4. The molecule has 0 radical (unpaired) electrons. The molecule has 3 amide bonds. The van der Waals surface area contributed by atoms with Crippen LogP contribution in [0.2, 0.25) is 0 Å². The second-order valence-corrected chi connectivity index (χ2v) is 10.7. The van der Waals surface area contributed by atoms with Gasteiger partial charge < -0.3 is 30.1 Å². The first kappa shape index (κ1) is 32.7. The smallest absolute Gasteiger partial charge is 0.408 e. The van der Waals surface area contributed by atoms with Gasteiger partial charge in [0.05, 0.1) is 13.0 Å². The standard InChI is InChI=1S/C28H45N3O7/c1-9-37-23(33)15-16-29-26(35)24(21-12-10-11-19(4)25(21)34)31(20(5)14-13-18(2)3)22(32)17-30-27(36)38-28(6,7)8/h10-12,18,20,24,34H,9,13-17H2,1-8H3,(H,29,35)(H,30,36). The predicted molar refractivity (Wildman–Crippen MR) is 144 cm³/mol. The van der Waals surface area contributed by atoms with E-state index in [0.29, 0.717) is 17.9 Å². The van der Waals surface area contributed by atoms with Crippen molar-refractivity contribution < 1.29 is 33.8 Å². The lowest BCUT2D eigenvalue weighted by molar-refractivity contribution is -0.144. The van der Waals surface area contributed by atoms with Crippen LogP contribution in [0.15, 0.2) is 18.2 Å². The Kier molecular flexibility index (Phi) is 13.1. The zero-order valence-electron chi connectivity index (χ0n) is 24.1. The maximum Gasteiger partial charge on any atom is 0.408 e. The van der Waals surface area contributed by atoms with Crippen molar-refractivity contribution in [3.05, 3.63) is 29.3 Å². The van der Waals surface area contributed by atoms with E-state index in [-0.39, 0.29) is 30.9 Å². The van der Waals surface area contributed by atoms with E-state index in [9.17, 15) is 24.3 Å².